The summed E-state index contributed by atoms with van der Waals surface area (Å²) in [6.07, 6.45) is 1.10. The van der Waals surface area contributed by atoms with Crippen LogP contribution in [0, 0.1) is 0 Å². The molecule has 0 aromatic heterocycles. The lowest BCUT2D eigenvalue weighted by atomic mass is 9.99. The second-order valence-electron chi connectivity index (χ2n) is 4.98. The van der Waals surface area contributed by atoms with Crippen LogP contribution in [0.2, 0.25) is 0 Å². The largest absolute Gasteiger partial charge is 0.454 e. The number of hydrogen-bond donors (Lipinski definition) is 0. The average molecular weight is 253 g/mol. The van der Waals surface area contributed by atoms with Crippen LogP contribution in [0.5, 0.6) is 11.5 Å². The predicted molar refractivity (Wildman–Crippen MR) is 73.8 cm³/mol. The van der Waals surface area contributed by atoms with Gasteiger partial charge in [-0.25, -0.2) is 0 Å². The van der Waals surface area contributed by atoms with E-state index in [1.54, 1.807) is 0 Å². The highest BCUT2D eigenvalue weighted by Crippen LogP contribution is 2.36. The zero-order valence-corrected chi connectivity index (χ0v) is 10.6. The number of rotatable bonds is 1. The molecule has 0 spiro atoms. The van der Waals surface area contributed by atoms with Crippen LogP contribution in [0.15, 0.2) is 42.5 Å². The molecule has 2 aliphatic rings. The fourth-order valence-electron chi connectivity index (χ4n) is 2.80. The zero-order valence-electron chi connectivity index (χ0n) is 10.6. The van der Waals surface area contributed by atoms with Crippen molar-refractivity contribution in [1.29, 1.82) is 0 Å². The van der Waals surface area contributed by atoms with Crippen molar-refractivity contribution < 1.29 is 9.47 Å². The maximum Gasteiger partial charge on any atom is 0.231 e. The standard InChI is InChI=1S/C16H15NO2/c1-2-4-13-10-17(8-7-12(13)3-1)14-5-6-15-16(9-14)19-11-18-15/h1-6,9H,7-8,10-11H2. The second-order valence-corrected chi connectivity index (χ2v) is 4.98. The van der Waals surface area contributed by atoms with Crippen molar-refractivity contribution in [2.75, 3.05) is 18.2 Å². The predicted octanol–water partition coefficient (Wildman–Crippen LogP) is 2.98. The molecule has 0 amide bonds. The first kappa shape index (κ1) is 10.7. The minimum atomic E-state index is 0.335. The summed E-state index contributed by atoms with van der Waals surface area (Å²) in [6, 6.07) is 14.9. The summed E-state index contributed by atoms with van der Waals surface area (Å²) in [4.78, 5) is 2.39. The van der Waals surface area contributed by atoms with Crippen LogP contribution in [0.1, 0.15) is 11.1 Å². The third kappa shape index (κ3) is 1.82. The van der Waals surface area contributed by atoms with Gasteiger partial charge in [0.2, 0.25) is 6.79 Å². The molecule has 3 heteroatoms. The fraction of sp³-hybridized carbons (Fsp3) is 0.250. The summed E-state index contributed by atoms with van der Waals surface area (Å²) in [5, 5.41) is 0. The summed E-state index contributed by atoms with van der Waals surface area (Å²) in [5.41, 5.74) is 4.10. The zero-order chi connectivity index (χ0) is 12.7. The molecule has 0 bridgehead atoms. The van der Waals surface area contributed by atoms with Crippen molar-refractivity contribution in [3.05, 3.63) is 53.6 Å². The minimum absolute atomic E-state index is 0.335. The van der Waals surface area contributed by atoms with Gasteiger partial charge in [0.15, 0.2) is 11.5 Å². The maximum absolute atomic E-state index is 5.45. The van der Waals surface area contributed by atoms with Crippen molar-refractivity contribution in [3.63, 3.8) is 0 Å². The SMILES string of the molecule is c1ccc2c(c1)CCN(c1ccc3c(c1)OCO3)C2. The summed E-state index contributed by atoms with van der Waals surface area (Å²) in [7, 11) is 0. The van der Waals surface area contributed by atoms with Crippen LogP contribution in [0.4, 0.5) is 5.69 Å². The Morgan fingerprint density at radius 1 is 0.895 bits per heavy atom. The molecule has 3 nitrogen and oxygen atoms in total. The van der Waals surface area contributed by atoms with Gasteiger partial charge in [0.1, 0.15) is 0 Å². The third-order valence-corrected chi connectivity index (χ3v) is 3.85. The monoisotopic (exact) mass is 253 g/mol. The molecule has 2 aliphatic heterocycles. The van der Waals surface area contributed by atoms with Crippen LogP contribution in [0.25, 0.3) is 0 Å². The van der Waals surface area contributed by atoms with E-state index in [4.69, 9.17) is 9.47 Å². The Kier molecular flexibility index (Phi) is 2.37. The van der Waals surface area contributed by atoms with Crippen molar-refractivity contribution >= 4 is 5.69 Å². The average Bonchev–Trinajstić information content (AvgIpc) is 2.94. The molecular weight excluding hydrogens is 238 g/mol. The van der Waals surface area contributed by atoms with Crippen molar-refractivity contribution in [2.24, 2.45) is 0 Å². The summed E-state index contributed by atoms with van der Waals surface area (Å²) >= 11 is 0. The van der Waals surface area contributed by atoms with Gasteiger partial charge in [-0.1, -0.05) is 24.3 Å². The first-order valence-corrected chi connectivity index (χ1v) is 6.61. The van der Waals surface area contributed by atoms with E-state index in [-0.39, 0.29) is 0 Å². The van der Waals surface area contributed by atoms with E-state index < -0.39 is 0 Å². The van der Waals surface area contributed by atoms with Crippen LogP contribution in [-0.2, 0) is 13.0 Å². The topological polar surface area (TPSA) is 21.7 Å². The Morgan fingerprint density at radius 3 is 2.68 bits per heavy atom. The van der Waals surface area contributed by atoms with E-state index in [0.29, 0.717) is 6.79 Å². The van der Waals surface area contributed by atoms with Gasteiger partial charge in [-0.2, -0.15) is 0 Å². The highest BCUT2D eigenvalue weighted by molar-refractivity contribution is 5.58. The van der Waals surface area contributed by atoms with Crippen LogP contribution in [0.3, 0.4) is 0 Å². The summed E-state index contributed by atoms with van der Waals surface area (Å²) in [5.74, 6) is 1.71. The number of hydrogen-bond acceptors (Lipinski definition) is 3. The molecule has 0 aliphatic carbocycles. The lowest BCUT2D eigenvalue weighted by Gasteiger charge is -2.30. The first-order chi connectivity index (χ1) is 9.40. The Labute approximate surface area is 112 Å². The summed E-state index contributed by atoms with van der Waals surface area (Å²) in [6.45, 7) is 2.36. The Balaban J connectivity index is 1.64. The van der Waals surface area contributed by atoms with E-state index in [2.05, 4.69) is 41.3 Å². The molecule has 2 aromatic carbocycles. The van der Waals surface area contributed by atoms with E-state index in [1.165, 1.54) is 16.8 Å². The lowest BCUT2D eigenvalue weighted by molar-refractivity contribution is 0.174. The Bertz CT molecular complexity index is 624. The molecular formula is C16H15NO2. The number of nitrogens with zero attached hydrogens (tertiary/aromatic N) is 1. The van der Waals surface area contributed by atoms with Gasteiger partial charge in [-0.3, -0.25) is 0 Å². The molecule has 2 aromatic rings. The van der Waals surface area contributed by atoms with E-state index in [1.807, 2.05) is 6.07 Å². The first-order valence-electron chi connectivity index (χ1n) is 6.61. The van der Waals surface area contributed by atoms with Gasteiger partial charge >= 0.3 is 0 Å². The normalized spacial score (nSPS) is 16.3. The second kappa shape index (κ2) is 4.19. The quantitative estimate of drug-likeness (QED) is 0.780. The highest BCUT2D eigenvalue weighted by Gasteiger charge is 2.19. The molecule has 2 heterocycles. The smallest absolute Gasteiger partial charge is 0.231 e. The molecule has 0 atom stereocenters. The maximum atomic E-state index is 5.45. The van der Waals surface area contributed by atoms with Gasteiger partial charge in [0, 0.05) is 24.8 Å². The van der Waals surface area contributed by atoms with Gasteiger partial charge in [0.25, 0.3) is 0 Å². The van der Waals surface area contributed by atoms with Crippen molar-refractivity contribution in [3.8, 4) is 11.5 Å². The van der Waals surface area contributed by atoms with Crippen LogP contribution >= 0.6 is 0 Å². The van der Waals surface area contributed by atoms with Gasteiger partial charge < -0.3 is 14.4 Å². The highest BCUT2D eigenvalue weighted by atomic mass is 16.7. The molecule has 0 saturated heterocycles. The van der Waals surface area contributed by atoms with Gasteiger partial charge in [-0.05, 0) is 29.7 Å². The van der Waals surface area contributed by atoms with E-state index in [9.17, 15) is 0 Å². The van der Waals surface area contributed by atoms with Gasteiger partial charge in [-0.15, -0.1) is 0 Å². The molecule has 0 saturated carbocycles. The third-order valence-electron chi connectivity index (χ3n) is 3.85. The number of anilines is 1. The van der Waals surface area contributed by atoms with Crippen molar-refractivity contribution in [2.45, 2.75) is 13.0 Å². The van der Waals surface area contributed by atoms with E-state index in [0.717, 1.165) is 31.0 Å². The van der Waals surface area contributed by atoms with Crippen molar-refractivity contribution in [1.82, 2.24) is 0 Å². The van der Waals surface area contributed by atoms with Crippen LogP contribution < -0.4 is 14.4 Å². The molecule has 0 fully saturated rings. The molecule has 0 radical (unpaired) electrons. The molecule has 0 unspecified atom stereocenters. The molecule has 19 heavy (non-hydrogen) atoms. The number of ether oxygens (including phenoxy) is 2. The molecule has 0 N–H and O–H groups in total. The van der Waals surface area contributed by atoms with Crippen LogP contribution in [-0.4, -0.2) is 13.3 Å². The number of benzene rings is 2. The molecule has 96 valence electrons. The number of fused-ring (bicyclic) bond motifs is 2. The van der Waals surface area contributed by atoms with Gasteiger partial charge in [0.05, 0.1) is 0 Å². The Hall–Kier alpha value is -2.16. The minimum Gasteiger partial charge on any atom is -0.454 e. The lowest BCUT2D eigenvalue weighted by Crippen LogP contribution is -2.30. The summed E-state index contributed by atoms with van der Waals surface area (Å²) < 4.78 is 10.8. The molecule has 4 rings (SSSR count). The van der Waals surface area contributed by atoms with E-state index >= 15 is 0 Å². The Morgan fingerprint density at radius 2 is 1.74 bits per heavy atom. The fourth-order valence-corrected chi connectivity index (χ4v) is 2.80.